The third-order valence-electron chi connectivity index (χ3n) is 2.72. The monoisotopic (exact) mass is 302 g/mol. The van der Waals surface area contributed by atoms with Crippen molar-refractivity contribution in [3.8, 4) is 11.5 Å². The van der Waals surface area contributed by atoms with E-state index in [9.17, 15) is 9.90 Å². The maximum atomic E-state index is 11.0. The molecule has 1 atom stereocenters. The molecule has 0 saturated carbocycles. The molecule has 0 aliphatic heterocycles. The molecule has 94 valence electrons. The van der Waals surface area contributed by atoms with Crippen LogP contribution < -0.4 is 4.74 Å². The minimum Gasteiger partial charge on any atom is -0.504 e. The fourth-order valence-electron chi connectivity index (χ4n) is 1.63. The fourth-order valence-corrected chi connectivity index (χ4v) is 2.56. The van der Waals surface area contributed by atoms with Gasteiger partial charge in [-0.1, -0.05) is 22.9 Å². The predicted octanol–water partition coefficient (Wildman–Crippen LogP) is 2.91. The van der Waals surface area contributed by atoms with Crippen LogP contribution in [0.3, 0.4) is 0 Å². The van der Waals surface area contributed by atoms with Crippen molar-refractivity contribution in [2.45, 2.75) is 26.2 Å². The van der Waals surface area contributed by atoms with Gasteiger partial charge in [-0.2, -0.15) is 0 Å². The predicted molar refractivity (Wildman–Crippen MR) is 67.8 cm³/mol. The number of rotatable bonds is 4. The number of hydrogen-bond donors (Lipinski definition) is 2. The SMILES string of the molecule is CCc1cc(OC)c(O)c(C(C)C(=O)O)c1Br. The van der Waals surface area contributed by atoms with Crippen LogP contribution in [0, 0.1) is 0 Å². The number of methoxy groups -OCH3 is 1. The number of hydrogen-bond acceptors (Lipinski definition) is 3. The molecule has 2 N–H and O–H groups in total. The zero-order chi connectivity index (χ0) is 13.2. The summed E-state index contributed by atoms with van der Waals surface area (Å²) in [6.07, 6.45) is 0.719. The zero-order valence-electron chi connectivity index (χ0n) is 9.95. The highest BCUT2D eigenvalue weighted by Gasteiger charge is 2.25. The Balaban J connectivity index is 3.50. The van der Waals surface area contributed by atoms with Gasteiger partial charge in [0.05, 0.1) is 13.0 Å². The van der Waals surface area contributed by atoms with Gasteiger partial charge in [0.15, 0.2) is 11.5 Å². The van der Waals surface area contributed by atoms with E-state index in [2.05, 4.69) is 15.9 Å². The number of halogens is 1. The van der Waals surface area contributed by atoms with Crippen molar-refractivity contribution in [2.75, 3.05) is 7.11 Å². The first-order valence-corrected chi connectivity index (χ1v) is 6.04. The lowest BCUT2D eigenvalue weighted by Crippen LogP contribution is -2.10. The largest absolute Gasteiger partial charge is 0.504 e. The van der Waals surface area contributed by atoms with Crippen LogP contribution in [0.1, 0.15) is 30.9 Å². The molecule has 4 nitrogen and oxygen atoms in total. The van der Waals surface area contributed by atoms with Gasteiger partial charge >= 0.3 is 5.97 Å². The van der Waals surface area contributed by atoms with E-state index in [-0.39, 0.29) is 5.75 Å². The summed E-state index contributed by atoms with van der Waals surface area (Å²) in [5.41, 5.74) is 1.26. The van der Waals surface area contributed by atoms with Crippen LogP contribution in [0.4, 0.5) is 0 Å². The number of aromatic hydroxyl groups is 1. The molecule has 1 aromatic carbocycles. The summed E-state index contributed by atoms with van der Waals surface area (Å²) in [5.74, 6) is -1.61. The molecule has 0 spiro atoms. The summed E-state index contributed by atoms with van der Waals surface area (Å²) in [4.78, 5) is 11.0. The maximum Gasteiger partial charge on any atom is 0.310 e. The lowest BCUT2D eigenvalue weighted by atomic mass is 9.96. The van der Waals surface area contributed by atoms with Crippen LogP contribution in [0.5, 0.6) is 11.5 Å². The standard InChI is InChI=1S/C12H15BrO4/c1-4-7-5-8(17-3)11(14)9(10(7)13)6(2)12(15)16/h5-6,14H,4H2,1-3H3,(H,15,16). The fraction of sp³-hybridized carbons (Fsp3) is 0.417. The van der Waals surface area contributed by atoms with Crippen LogP contribution in [-0.4, -0.2) is 23.3 Å². The molecule has 1 aromatic rings. The molecule has 0 heterocycles. The van der Waals surface area contributed by atoms with Crippen molar-refractivity contribution >= 4 is 21.9 Å². The van der Waals surface area contributed by atoms with Gasteiger partial charge in [0.25, 0.3) is 0 Å². The molecular weight excluding hydrogens is 288 g/mol. The van der Waals surface area contributed by atoms with E-state index in [4.69, 9.17) is 9.84 Å². The smallest absolute Gasteiger partial charge is 0.310 e. The van der Waals surface area contributed by atoms with Gasteiger partial charge in [0.1, 0.15) is 0 Å². The molecule has 0 aliphatic rings. The van der Waals surface area contributed by atoms with Crippen molar-refractivity contribution in [3.63, 3.8) is 0 Å². The van der Waals surface area contributed by atoms with Crippen molar-refractivity contribution in [3.05, 3.63) is 21.7 Å². The van der Waals surface area contributed by atoms with E-state index in [1.165, 1.54) is 14.0 Å². The molecule has 0 amide bonds. The summed E-state index contributed by atoms with van der Waals surface area (Å²) >= 11 is 3.35. The average Bonchev–Trinajstić information content (AvgIpc) is 2.29. The molecule has 17 heavy (non-hydrogen) atoms. The number of aryl methyl sites for hydroxylation is 1. The quantitative estimate of drug-likeness (QED) is 0.897. The summed E-state index contributed by atoms with van der Waals surface area (Å²) in [5, 5.41) is 19.0. The second kappa shape index (κ2) is 5.40. The van der Waals surface area contributed by atoms with Crippen LogP contribution in [0.15, 0.2) is 10.5 Å². The highest BCUT2D eigenvalue weighted by atomic mass is 79.9. The highest BCUT2D eigenvalue weighted by molar-refractivity contribution is 9.10. The van der Waals surface area contributed by atoms with Gasteiger partial charge in [-0.05, 0) is 25.0 Å². The van der Waals surface area contributed by atoms with Gasteiger partial charge in [-0.3, -0.25) is 4.79 Å². The number of aliphatic carboxylic acids is 1. The number of carbonyl (C=O) groups is 1. The first-order chi connectivity index (χ1) is 7.93. The van der Waals surface area contributed by atoms with Crippen LogP contribution in [-0.2, 0) is 11.2 Å². The lowest BCUT2D eigenvalue weighted by Gasteiger charge is -2.17. The number of phenols is 1. The Labute approximate surface area is 108 Å². The second-order valence-electron chi connectivity index (χ2n) is 3.73. The molecule has 5 heteroatoms. The Morgan fingerprint density at radius 2 is 2.18 bits per heavy atom. The van der Waals surface area contributed by atoms with Gasteiger partial charge in [0, 0.05) is 10.0 Å². The van der Waals surface area contributed by atoms with Crippen LogP contribution in [0.2, 0.25) is 0 Å². The van der Waals surface area contributed by atoms with Crippen molar-refractivity contribution in [1.29, 1.82) is 0 Å². The van der Waals surface area contributed by atoms with Crippen LogP contribution in [0.25, 0.3) is 0 Å². The number of carboxylic acid groups (broad SMARTS) is 1. The Kier molecular flexibility index (Phi) is 4.40. The first-order valence-electron chi connectivity index (χ1n) is 5.25. The van der Waals surface area contributed by atoms with Gasteiger partial charge in [-0.15, -0.1) is 0 Å². The maximum absolute atomic E-state index is 11.0. The molecule has 0 saturated heterocycles. The lowest BCUT2D eigenvalue weighted by molar-refractivity contribution is -0.138. The normalized spacial score (nSPS) is 12.2. The Morgan fingerprint density at radius 3 is 2.59 bits per heavy atom. The molecule has 0 radical (unpaired) electrons. The van der Waals surface area contributed by atoms with Gasteiger partial charge < -0.3 is 14.9 Å². The van der Waals surface area contributed by atoms with E-state index in [1.54, 1.807) is 6.07 Å². The summed E-state index contributed by atoms with van der Waals surface area (Å²) < 4.78 is 5.68. The third-order valence-corrected chi connectivity index (χ3v) is 3.65. The molecule has 0 bridgehead atoms. The summed E-state index contributed by atoms with van der Waals surface area (Å²) in [6, 6.07) is 1.71. The zero-order valence-corrected chi connectivity index (χ0v) is 11.5. The number of benzene rings is 1. The molecule has 0 aromatic heterocycles. The van der Waals surface area contributed by atoms with Crippen molar-refractivity contribution in [2.24, 2.45) is 0 Å². The molecule has 1 rings (SSSR count). The average molecular weight is 303 g/mol. The van der Waals surface area contributed by atoms with Crippen molar-refractivity contribution in [1.82, 2.24) is 0 Å². The van der Waals surface area contributed by atoms with Crippen LogP contribution >= 0.6 is 15.9 Å². The second-order valence-corrected chi connectivity index (χ2v) is 4.52. The first kappa shape index (κ1) is 13.8. The van der Waals surface area contributed by atoms with E-state index in [1.807, 2.05) is 6.92 Å². The molecular formula is C12H15BrO4. The van der Waals surface area contributed by atoms with Crippen molar-refractivity contribution < 1.29 is 19.7 Å². The number of ether oxygens (including phenoxy) is 1. The third kappa shape index (κ3) is 2.54. The summed E-state index contributed by atoms with van der Waals surface area (Å²) in [6.45, 7) is 3.48. The van der Waals surface area contributed by atoms with E-state index in [0.717, 1.165) is 12.0 Å². The number of carboxylic acids is 1. The van der Waals surface area contributed by atoms with E-state index < -0.39 is 11.9 Å². The molecule has 0 aliphatic carbocycles. The van der Waals surface area contributed by atoms with E-state index >= 15 is 0 Å². The Hall–Kier alpha value is -1.23. The summed E-state index contributed by atoms with van der Waals surface area (Å²) in [7, 11) is 1.44. The molecule has 0 fully saturated rings. The molecule has 1 unspecified atom stereocenters. The van der Waals surface area contributed by atoms with E-state index in [0.29, 0.717) is 15.8 Å². The minimum absolute atomic E-state index is 0.119. The Morgan fingerprint density at radius 1 is 1.59 bits per heavy atom. The Bertz CT molecular complexity index is 414. The van der Waals surface area contributed by atoms with Gasteiger partial charge in [0.2, 0.25) is 0 Å². The minimum atomic E-state index is -0.990. The number of phenolic OH excluding ortho intramolecular Hbond substituents is 1. The van der Waals surface area contributed by atoms with Gasteiger partial charge in [-0.25, -0.2) is 0 Å². The highest BCUT2D eigenvalue weighted by Crippen LogP contribution is 2.42. The topological polar surface area (TPSA) is 66.8 Å².